The summed E-state index contributed by atoms with van der Waals surface area (Å²) in [5.74, 6) is -0.538. The van der Waals surface area contributed by atoms with E-state index in [1.54, 1.807) is 67.6 Å². The van der Waals surface area contributed by atoms with E-state index in [0.717, 1.165) is 21.6 Å². The number of nitrogens with one attached hydrogen (secondary N) is 3. The van der Waals surface area contributed by atoms with Crippen molar-refractivity contribution in [2.45, 2.75) is 17.1 Å². The van der Waals surface area contributed by atoms with E-state index in [1.165, 1.54) is 18.9 Å². The first-order valence-electron chi connectivity index (χ1n) is 14.7. The van der Waals surface area contributed by atoms with Crippen LogP contribution in [0.3, 0.4) is 0 Å². The largest absolute Gasteiger partial charge is 0.495 e. The molecule has 236 valence electrons. The Labute approximate surface area is 283 Å². The number of carbonyl (C=O) groups excluding carboxylic acids is 3. The Morgan fingerprint density at radius 2 is 1.36 bits per heavy atom. The van der Waals surface area contributed by atoms with Crippen molar-refractivity contribution in [1.29, 1.82) is 0 Å². The molecule has 5 rings (SSSR count). The lowest BCUT2D eigenvalue weighted by molar-refractivity contribution is -0.115. The van der Waals surface area contributed by atoms with Crippen molar-refractivity contribution >= 4 is 58.5 Å². The molecular formula is C38H32ClN3O4S. The molecule has 3 amide bonds. The van der Waals surface area contributed by atoms with Crippen LogP contribution in [0.4, 0.5) is 11.4 Å². The van der Waals surface area contributed by atoms with Gasteiger partial charge in [-0.1, -0.05) is 84.4 Å². The maximum absolute atomic E-state index is 13.5. The maximum atomic E-state index is 13.5. The number of ether oxygens (including phenoxy) is 1. The lowest BCUT2D eigenvalue weighted by atomic mass is 10.0. The van der Waals surface area contributed by atoms with Gasteiger partial charge in [0.15, 0.2) is 0 Å². The van der Waals surface area contributed by atoms with Gasteiger partial charge in [-0.25, -0.2) is 0 Å². The summed E-state index contributed by atoms with van der Waals surface area (Å²) in [5.41, 5.74) is 4.49. The van der Waals surface area contributed by atoms with Crippen LogP contribution in [-0.2, 0) is 9.59 Å². The Balaban J connectivity index is 1.26. The molecule has 0 saturated carbocycles. The second kappa shape index (κ2) is 15.8. The van der Waals surface area contributed by atoms with Gasteiger partial charge < -0.3 is 20.7 Å². The van der Waals surface area contributed by atoms with E-state index in [9.17, 15) is 14.4 Å². The van der Waals surface area contributed by atoms with Crippen LogP contribution in [0.25, 0.3) is 17.2 Å². The van der Waals surface area contributed by atoms with Gasteiger partial charge in [0.05, 0.1) is 17.4 Å². The number of rotatable bonds is 11. The van der Waals surface area contributed by atoms with E-state index in [2.05, 4.69) is 16.0 Å². The molecule has 0 spiro atoms. The van der Waals surface area contributed by atoms with Gasteiger partial charge in [-0.2, -0.15) is 0 Å². The molecule has 0 aliphatic rings. The summed E-state index contributed by atoms with van der Waals surface area (Å²) in [6, 6.07) is 38.6. The van der Waals surface area contributed by atoms with E-state index in [4.69, 9.17) is 16.3 Å². The molecule has 1 unspecified atom stereocenters. The third-order valence-corrected chi connectivity index (χ3v) is 8.48. The number of methoxy groups -OCH3 is 1. The first-order valence-corrected chi connectivity index (χ1v) is 16.0. The summed E-state index contributed by atoms with van der Waals surface area (Å²) in [6.45, 7) is 1.81. The predicted molar refractivity (Wildman–Crippen MR) is 191 cm³/mol. The van der Waals surface area contributed by atoms with Gasteiger partial charge in [-0.15, -0.1) is 11.8 Å². The summed E-state index contributed by atoms with van der Waals surface area (Å²) in [6.07, 6.45) is 1.64. The van der Waals surface area contributed by atoms with Crippen LogP contribution >= 0.6 is 23.4 Å². The second-order valence-corrected chi connectivity index (χ2v) is 12.3. The SMILES string of the molecule is COc1ccc(NC(=O)C(C)Sc2ccc(NC(=O)/C(=C/c3ccc(-c4ccccc4)cc3)NC(=O)c3ccccc3)cc2)cc1Cl. The average molecular weight is 662 g/mol. The van der Waals surface area contributed by atoms with Crippen molar-refractivity contribution in [2.24, 2.45) is 0 Å². The third-order valence-electron chi connectivity index (χ3n) is 7.07. The van der Waals surface area contributed by atoms with Gasteiger partial charge in [-0.05, 0) is 84.3 Å². The minimum Gasteiger partial charge on any atom is -0.495 e. The molecule has 47 heavy (non-hydrogen) atoms. The predicted octanol–water partition coefficient (Wildman–Crippen LogP) is 8.54. The number of carbonyl (C=O) groups is 3. The molecule has 0 bridgehead atoms. The Bertz CT molecular complexity index is 1880. The molecule has 0 heterocycles. The van der Waals surface area contributed by atoms with Crippen molar-refractivity contribution in [2.75, 3.05) is 17.7 Å². The molecule has 1 atom stereocenters. The van der Waals surface area contributed by atoms with Crippen LogP contribution < -0.4 is 20.7 Å². The Morgan fingerprint density at radius 1 is 0.745 bits per heavy atom. The van der Waals surface area contributed by atoms with E-state index < -0.39 is 17.1 Å². The number of hydrogen-bond acceptors (Lipinski definition) is 5. The molecule has 0 fully saturated rings. The minimum atomic E-state index is -0.479. The lowest BCUT2D eigenvalue weighted by Crippen LogP contribution is -2.30. The summed E-state index contributed by atoms with van der Waals surface area (Å²) in [4.78, 5) is 40.2. The first kappa shape index (κ1) is 33.1. The van der Waals surface area contributed by atoms with Crippen LogP contribution in [0.5, 0.6) is 5.75 Å². The monoisotopic (exact) mass is 661 g/mol. The van der Waals surface area contributed by atoms with Crippen molar-refractivity contribution < 1.29 is 19.1 Å². The number of amides is 3. The fraction of sp³-hybridized carbons (Fsp3) is 0.0789. The summed E-state index contributed by atoms with van der Waals surface area (Å²) in [5, 5.41) is 8.51. The third kappa shape index (κ3) is 9.13. The average Bonchev–Trinajstić information content (AvgIpc) is 3.10. The van der Waals surface area contributed by atoms with Gasteiger partial charge >= 0.3 is 0 Å². The highest BCUT2D eigenvalue weighted by Crippen LogP contribution is 2.29. The molecule has 5 aromatic rings. The van der Waals surface area contributed by atoms with Crippen molar-refractivity contribution in [3.05, 3.63) is 149 Å². The number of thioether (sulfide) groups is 1. The molecule has 5 aromatic carbocycles. The van der Waals surface area contributed by atoms with Crippen LogP contribution in [0.1, 0.15) is 22.8 Å². The van der Waals surface area contributed by atoms with Gasteiger partial charge in [0.25, 0.3) is 11.8 Å². The normalized spacial score (nSPS) is 11.7. The molecule has 0 aliphatic heterocycles. The highest BCUT2D eigenvalue weighted by atomic mass is 35.5. The Hall–Kier alpha value is -5.31. The Morgan fingerprint density at radius 3 is 2.00 bits per heavy atom. The Kier molecular flexibility index (Phi) is 11.1. The number of halogens is 1. The zero-order chi connectivity index (χ0) is 33.2. The van der Waals surface area contributed by atoms with E-state index in [1.807, 2.05) is 72.8 Å². The van der Waals surface area contributed by atoms with Crippen molar-refractivity contribution in [1.82, 2.24) is 5.32 Å². The molecule has 3 N–H and O–H groups in total. The zero-order valence-corrected chi connectivity index (χ0v) is 27.3. The highest BCUT2D eigenvalue weighted by molar-refractivity contribution is 8.00. The second-order valence-electron chi connectivity index (χ2n) is 10.4. The van der Waals surface area contributed by atoms with Gasteiger partial charge in [0.1, 0.15) is 11.4 Å². The molecule has 0 aliphatic carbocycles. The zero-order valence-electron chi connectivity index (χ0n) is 25.7. The van der Waals surface area contributed by atoms with E-state index in [0.29, 0.717) is 27.7 Å². The lowest BCUT2D eigenvalue weighted by Gasteiger charge is -2.14. The van der Waals surface area contributed by atoms with Crippen molar-refractivity contribution in [3.8, 4) is 16.9 Å². The van der Waals surface area contributed by atoms with Gasteiger partial charge in [-0.3, -0.25) is 14.4 Å². The minimum absolute atomic E-state index is 0.0914. The van der Waals surface area contributed by atoms with Crippen LogP contribution in [0.2, 0.25) is 5.02 Å². The van der Waals surface area contributed by atoms with Gasteiger partial charge in [0, 0.05) is 21.8 Å². The van der Waals surface area contributed by atoms with Crippen LogP contribution in [-0.4, -0.2) is 30.1 Å². The number of hydrogen-bond donors (Lipinski definition) is 3. The topological polar surface area (TPSA) is 96.5 Å². The van der Waals surface area contributed by atoms with Gasteiger partial charge in [0.2, 0.25) is 5.91 Å². The maximum Gasteiger partial charge on any atom is 0.272 e. The quantitative estimate of drug-likeness (QED) is 0.0974. The number of anilines is 2. The summed E-state index contributed by atoms with van der Waals surface area (Å²) >= 11 is 7.55. The highest BCUT2D eigenvalue weighted by Gasteiger charge is 2.17. The molecule has 0 aromatic heterocycles. The fourth-order valence-corrected chi connectivity index (χ4v) is 5.70. The fourth-order valence-electron chi connectivity index (χ4n) is 4.57. The summed E-state index contributed by atoms with van der Waals surface area (Å²) in [7, 11) is 1.53. The first-order chi connectivity index (χ1) is 22.8. The smallest absolute Gasteiger partial charge is 0.272 e. The summed E-state index contributed by atoms with van der Waals surface area (Å²) < 4.78 is 5.16. The standard InChI is InChI=1S/C38H32ClN3O4S/c1-25(36(43)41-31-19-22-35(46-2)33(39)24-31)47-32-20-17-30(18-21-32)40-38(45)34(42-37(44)29-11-7-4-8-12-29)23-26-13-15-28(16-14-26)27-9-5-3-6-10-27/h3-25H,1-2H3,(H,40,45)(H,41,43)(H,42,44)/b34-23-. The van der Waals surface area contributed by atoms with Crippen LogP contribution in [0.15, 0.2) is 138 Å². The van der Waals surface area contributed by atoms with Crippen LogP contribution in [0, 0.1) is 0 Å². The molecule has 7 nitrogen and oxygen atoms in total. The van der Waals surface area contributed by atoms with E-state index >= 15 is 0 Å². The molecule has 9 heteroatoms. The van der Waals surface area contributed by atoms with Crippen molar-refractivity contribution in [3.63, 3.8) is 0 Å². The number of benzene rings is 5. The van der Waals surface area contributed by atoms with E-state index in [-0.39, 0.29) is 11.6 Å². The molecule has 0 radical (unpaired) electrons. The molecule has 0 saturated heterocycles. The molecular weight excluding hydrogens is 630 g/mol.